The van der Waals surface area contributed by atoms with Gasteiger partial charge in [-0.15, -0.1) is 0 Å². The summed E-state index contributed by atoms with van der Waals surface area (Å²) < 4.78 is 0. The van der Waals surface area contributed by atoms with Crippen molar-refractivity contribution >= 4 is 186 Å². The van der Waals surface area contributed by atoms with Gasteiger partial charge < -0.3 is 20.4 Å². The summed E-state index contributed by atoms with van der Waals surface area (Å²) in [6.45, 7) is 0. The molecular formula is C24H8Cl16O4Ti. The van der Waals surface area contributed by atoms with Crippen LogP contribution in [0.1, 0.15) is 0 Å². The second-order valence-corrected chi connectivity index (χ2v) is 13.4. The van der Waals surface area contributed by atoms with Gasteiger partial charge in [0.05, 0.1) is 60.3 Å². The molecule has 0 heterocycles. The van der Waals surface area contributed by atoms with E-state index in [2.05, 4.69) is 0 Å². The summed E-state index contributed by atoms with van der Waals surface area (Å²) in [6.07, 6.45) is 0. The molecule has 0 fully saturated rings. The van der Waals surface area contributed by atoms with E-state index in [9.17, 15) is 0 Å². The van der Waals surface area contributed by atoms with Crippen LogP contribution in [-0.2, 0) is 21.7 Å². The first-order chi connectivity index (χ1) is 20.1. The van der Waals surface area contributed by atoms with E-state index in [0.29, 0.717) is 0 Å². The minimum absolute atomic E-state index is 0. The number of phenolic OH excluding ortho intramolecular Hbond substituents is 4. The molecule has 0 aliphatic rings. The van der Waals surface area contributed by atoms with Crippen LogP contribution < -0.4 is 0 Å². The molecule has 4 N–H and O–H groups in total. The first-order valence-electron chi connectivity index (χ1n) is 10.2. The van der Waals surface area contributed by atoms with E-state index < -0.39 is 0 Å². The Morgan fingerprint density at radius 2 is 0.378 bits per heavy atom. The Morgan fingerprint density at radius 1 is 0.244 bits per heavy atom. The summed E-state index contributed by atoms with van der Waals surface area (Å²) in [6, 6.07) is 4.94. The third kappa shape index (κ3) is 12.9. The number of halogens is 16. The van der Waals surface area contributed by atoms with Crippen LogP contribution in [0.25, 0.3) is 0 Å². The maximum absolute atomic E-state index is 9.05. The van der Waals surface area contributed by atoms with Crippen LogP contribution in [0.2, 0.25) is 80.4 Å². The SMILES string of the molecule is Oc1cc(Cl)c(Cl)c(Cl)c1Cl.Oc1cc(Cl)c(Cl)c(Cl)c1Cl.Oc1cc(Cl)c(Cl)c(Cl)c1Cl.Oc1cc(Cl)c(Cl)c(Cl)c1Cl.[Ti]. The number of rotatable bonds is 0. The summed E-state index contributed by atoms with van der Waals surface area (Å²) >= 11 is 89.0. The number of hydrogen-bond donors (Lipinski definition) is 4. The van der Waals surface area contributed by atoms with E-state index in [1.54, 1.807) is 0 Å². The van der Waals surface area contributed by atoms with E-state index in [1.807, 2.05) is 0 Å². The van der Waals surface area contributed by atoms with Gasteiger partial charge in [0.15, 0.2) is 0 Å². The molecule has 4 aromatic carbocycles. The minimum Gasteiger partial charge on any atom is -0.506 e. The smallest absolute Gasteiger partial charge is 0.137 e. The zero-order valence-corrected chi connectivity index (χ0v) is 34.3. The van der Waals surface area contributed by atoms with E-state index >= 15 is 0 Å². The number of benzene rings is 4. The van der Waals surface area contributed by atoms with Gasteiger partial charge in [-0.1, -0.05) is 186 Å². The van der Waals surface area contributed by atoms with Crippen molar-refractivity contribution in [2.24, 2.45) is 0 Å². The molecule has 45 heavy (non-hydrogen) atoms. The summed E-state index contributed by atoms with van der Waals surface area (Å²) in [5.74, 6) is -0.700. The van der Waals surface area contributed by atoms with Gasteiger partial charge in [0.25, 0.3) is 0 Å². The Kier molecular flexibility index (Phi) is 21.6. The zero-order valence-electron chi connectivity index (χ0n) is 20.6. The maximum Gasteiger partial charge on any atom is 0.137 e. The van der Waals surface area contributed by atoms with Crippen molar-refractivity contribution in [3.8, 4) is 23.0 Å². The van der Waals surface area contributed by atoms with Crippen LogP contribution in [0.5, 0.6) is 23.0 Å². The second kappa shape index (κ2) is 21.0. The molecule has 4 aromatic rings. The molecule has 0 spiro atoms. The van der Waals surface area contributed by atoms with Crippen molar-refractivity contribution in [1.82, 2.24) is 0 Å². The Morgan fingerprint density at radius 3 is 0.511 bits per heavy atom. The van der Waals surface area contributed by atoms with Crippen LogP contribution in [0.15, 0.2) is 24.3 Å². The van der Waals surface area contributed by atoms with Crippen LogP contribution in [0, 0.1) is 0 Å². The molecule has 0 radical (unpaired) electrons. The van der Waals surface area contributed by atoms with Gasteiger partial charge in [-0.05, 0) is 0 Å². The number of phenols is 4. The summed E-state index contributed by atoms with van der Waals surface area (Å²) in [5.41, 5.74) is 0. The van der Waals surface area contributed by atoms with Crippen molar-refractivity contribution in [3.05, 3.63) is 105 Å². The normalized spacial score (nSPS) is 9.96. The standard InChI is InChI=1S/4C6H2Cl4O.Ti/c4*7-2-1-3(11)5(9)6(10)4(2)8;/h4*1,11H;. The maximum atomic E-state index is 9.05. The first kappa shape index (κ1) is 46.4. The average molecular weight is 975 g/mol. The summed E-state index contributed by atoms with van der Waals surface area (Å²) in [7, 11) is 0. The fraction of sp³-hybridized carbons (Fsp3) is 0. The summed E-state index contributed by atoms with van der Waals surface area (Å²) in [5, 5.41) is 37.8. The number of hydrogen-bond acceptors (Lipinski definition) is 4. The van der Waals surface area contributed by atoms with Crippen LogP contribution in [0.3, 0.4) is 0 Å². The Hall–Kier alpha value is 1.43. The molecule has 0 bridgehead atoms. The zero-order chi connectivity index (χ0) is 34.4. The van der Waals surface area contributed by atoms with Crippen molar-refractivity contribution in [1.29, 1.82) is 0 Å². The van der Waals surface area contributed by atoms with Gasteiger partial charge in [-0.2, -0.15) is 0 Å². The van der Waals surface area contributed by atoms with Crippen LogP contribution >= 0.6 is 186 Å². The number of aromatic hydroxyl groups is 4. The molecule has 0 atom stereocenters. The predicted molar refractivity (Wildman–Crippen MR) is 193 cm³/mol. The van der Waals surface area contributed by atoms with Gasteiger partial charge in [0.1, 0.15) is 43.1 Å². The van der Waals surface area contributed by atoms with Crippen LogP contribution in [0.4, 0.5) is 0 Å². The molecule has 4 rings (SSSR count). The van der Waals surface area contributed by atoms with Gasteiger partial charge in [-0.3, -0.25) is 0 Å². The Balaban J connectivity index is 0.000000569. The van der Waals surface area contributed by atoms with Crippen molar-refractivity contribution in [2.75, 3.05) is 0 Å². The molecule has 21 heteroatoms. The van der Waals surface area contributed by atoms with Gasteiger partial charge in [0.2, 0.25) is 0 Å². The molecule has 0 aliphatic heterocycles. The molecule has 0 unspecified atom stereocenters. The largest absolute Gasteiger partial charge is 0.506 e. The quantitative estimate of drug-likeness (QED) is 0.0804. The van der Waals surface area contributed by atoms with Crippen molar-refractivity contribution in [3.63, 3.8) is 0 Å². The fourth-order valence-corrected chi connectivity index (χ4v) is 5.41. The molecule has 4 nitrogen and oxygen atoms in total. The van der Waals surface area contributed by atoms with E-state index in [1.165, 1.54) is 24.3 Å². The van der Waals surface area contributed by atoms with E-state index in [4.69, 9.17) is 206 Å². The molecule has 0 saturated heterocycles. The fourth-order valence-electron chi connectivity index (χ4n) is 2.24. The molecule has 0 aromatic heterocycles. The average Bonchev–Trinajstić information content (AvgIpc) is 2.97. The first-order valence-corrected chi connectivity index (χ1v) is 16.3. The van der Waals surface area contributed by atoms with Gasteiger partial charge in [0, 0.05) is 46.0 Å². The molecule has 0 aliphatic carbocycles. The van der Waals surface area contributed by atoms with Gasteiger partial charge in [-0.25, -0.2) is 0 Å². The van der Waals surface area contributed by atoms with Crippen LogP contribution in [-0.4, -0.2) is 20.4 Å². The van der Waals surface area contributed by atoms with E-state index in [-0.39, 0.29) is 125 Å². The second-order valence-electron chi connectivity index (χ2n) is 7.28. The van der Waals surface area contributed by atoms with Gasteiger partial charge >= 0.3 is 0 Å². The van der Waals surface area contributed by atoms with Crippen molar-refractivity contribution < 1.29 is 42.1 Å². The Labute approximate surface area is 351 Å². The Bertz CT molecular complexity index is 1340. The molecular weight excluding hydrogens is 967 g/mol. The molecule has 0 amide bonds. The minimum atomic E-state index is -0.175. The molecule has 0 saturated carbocycles. The van der Waals surface area contributed by atoms with Crippen molar-refractivity contribution in [2.45, 2.75) is 0 Å². The predicted octanol–water partition coefficient (Wildman–Crippen LogP) is 16.0. The third-order valence-electron chi connectivity index (χ3n) is 4.33. The summed E-state index contributed by atoms with van der Waals surface area (Å²) in [4.78, 5) is 0. The topological polar surface area (TPSA) is 80.9 Å². The van der Waals surface area contributed by atoms with E-state index in [0.717, 1.165) is 0 Å². The molecule has 244 valence electrons. The third-order valence-corrected chi connectivity index (χ3v) is 11.3. The monoisotopic (exact) mass is 967 g/mol.